The zero-order valence-electron chi connectivity index (χ0n) is 13.8. The first-order valence-corrected chi connectivity index (χ1v) is 10.4. The maximum absolute atomic E-state index is 12.4. The summed E-state index contributed by atoms with van der Waals surface area (Å²) in [6.07, 6.45) is 8.71. The monoisotopic (exact) mass is 331 g/mol. The van der Waals surface area contributed by atoms with Crippen molar-refractivity contribution < 1.29 is 17.9 Å². The Bertz CT molecular complexity index is 482. The van der Waals surface area contributed by atoms with Crippen LogP contribution in [0.15, 0.2) is 0 Å². The van der Waals surface area contributed by atoms with E-state index in [1.54, 1.807) is 0 Å². The van der Waals surface area contributed by atoms with Gasteiger partial charge in [0.1, 0.15) is 4.75 Å². The molecule has 0 bridgehead atoms. The van der Waals surface area contributed by atoms with Crippen LogP contribution in [-0.4, -0.2) is 44.6 Å². The summed E-state index contributed by atoms with van der Waals surface area (Å²) < 4.78 is 28.7. The molecule has 1 amide bonds. The van der Waals surface area contributed by atoms with Crippen LogP contribution in [0.4, 0.5) is 0 Å². The van der Waals surface area contributed by atoms with Crippen molar-refractivity contribution in [3.63, 3.8) is 0 Å². The lowest BCUT2D eigenvalue weighted by molar-refractivity contribution is -0.124. The van der Waals surface area contributed by atoms with Crippen LogP contribution in [0.2, 0.25) is 0 Å². The highest BCUT2D eigenvalue weighted by Crippen LogP contribution is 2.36. The topological polar surface area (TPSA) is 72.5 Å². The van der Waals surface area contributed by atoms with Crippen molar-refractivity contribution in [1.82, 2.24) is 5.32 Å². The maximum atomic E-state index is 12.4. The number of nitrogens with one attached hydrogen (secondary N) is 1. The Morgan fingerprint density at radius 2 is 1.82 bits per heavy atom. The fourth-order valence-electron chi connectivity index (χ4n) is 3.78. The largest absolute Gasteiger partial charge is 0.376 e. The highest BCUT2D eigenvalue weighted by atomic mass is 32.2. The van der Waals surface area contributed by atoms with E-state index < -0.39 is 14.6 Å². The fraction of sp³-hybridized carbons (Fsp3) is 0.938. The van der Waals surface area contributed by atoms with Crippen LogP contribution in [0.25, 0.3) is 0 Å². The summed E-state index contributed by atoms with van der Waals surface area (Å²) in [6.45, 7) is 3.06. The smallest absolute Gasteiger partial charge is 0.241 e. The molecular weight excluding hydrogens is 302 g/mol. The van der Waals surface area contributed by atoms with E-state index in [9.17, 15) is 13.2 Å². The second-order valence-corrected chi connectivity index (χ2v) is 9.23. The molecule has 2 fully saturated rings. The molecule has 2 atom stereocenters. The average Bonchev–Trinajstić information content (AvgIpc) is 2.95. The minimum absolute atomic E-state index is 0.279. The highest BCUT2D eigenvalue weighted by Gasteiger charge is 2.49. The lowest BCUT2D eigenvalue weighted by atomic mass is 9.88. The van der Waals surface area contributed by atoms with E-state index in [4.69, 9.17) is 4.74 Å². The molecular formula is C16H29NO4S. The van der Waals surface area contributed by atoms with Crippen molar-refractivity contribution in [3.05, 3.63) is 0 Å². The van der Waals surface area contributed by atoms with Gasteiger partial charge in [0, 0.05) is 12.8 Å². The van der Waals surface area contributed by atoms with Gasteiger partial charge in [-0.05, 0) is 31.6 Å². The van der Waals surface area contributed by atoms with Crippen LogP contribution < -0.4 is 5.32 Å². The van der Waals surface area contributed by atoms with Gasteiger partial charge in [-0.1, -0.05) is 32.6 Å². The number of sulfone groups is 1. The van der Waals surface area contributed by atoms with Gasteiger partial charge in [-0.3, -0.25) is 4.79 Å². The first-order chi connectivity index (χ1) is 10.4. The van der Waals surface area contributed by atoms with E-state index >= 15 is 0 Å². The molecule has 0 aliphatic heterocycles. The third-order valence-electron chi connectivity index (χ3n) is 5.29. The summed E-state index contributed by atoms with van der Waals surface area (Å²) in [5, 5.41) is 2.78. The molecule has 0 aromatic rings. The van der Waals surface area contributed by atoms with Gasteiger partial charge in [-0.15, -0.1) is 0 Å². The van der Waals surface area contributed by atoms with Crippen molar-refractivity contribution in [2.24, 2.45) is 5.92 Å². The number of rotatable bonds is 6. The molecule has 0 radical (unpaired) electrons. The number of carbonyl (C=O) groups is 1. The summed E-state index contributed by atoms with van der Waals surface area (Å²) >= 11 is 0. The van der Waals surface area contributed by atoms with Gasteiger partial charge < -0.3 is 10.1 Å². The number of hydrogen-bond donors (Lipinski definition) is 1. The van der Waals surface area contributed by atoms with Crippen LogP contribution in [0, 0.1) is 5.92 Å². The zero-order valence-corrected chi connectivity index (χ0v) is 14.6. The molecule has 1 N–H and O–H groups in total. The number of ether oxygens (including phenoxy) is 1. The van der Waals surface area contributed by atoms with Gasteiger partial charge in [-0.25, -0.2) is 8.42 Å². The minimum atomic E-state index is -3.38. The third kappa shape index (κ3) is 3.82. The van der Waals surface area contributed by atoms with Gasteiger partial charge >= 0.3 is 0 Å². The predicted molar refractivity (Wildman–Crippen MR) is 86.4 cm³/mol. The van der Waals surface area contributed by atoms with Gasteiger partial charge in [0.25, 0.3) is 0 Å². The third-order valence-corrected chi connectivity index (χ3v) is 7.30. The van der Waals surface area contributed by atoms with Crippen LogP contribution in [0.5, 0.6) is 0 Å². The van der Waals surface area contributed by atoms with Crippen LogP contribution >= 0.6 is 0 Å². The van der Waals surface area contributed by atoms with Crippen LogP contribution in [0.3, 0.4) is 0 Å². The first kappa shape index (κ1) is 17.7. The summed E-state index contributed by atoms with van der Waals surface area (Å²) in [7, 11) is -3.38. The molecule has 5 nitrogen and oxygen atoms in total. The van der Waals surface area contributed by atoms with Gasteiger partial charge in [0.05, 0.1) is 12.7 Å². The Hall–Kier alpha value is -0.620. The summed E-state index contributed by atoms with van der Waals surface area (Å²) in [5.41, 5.74) is 0. The molecule has 0 aromatic carbocycles. The van der Waals surface area contributed by atoms with Crippen molar-refractivity contribution in [2.75, 3.05) is 19.4 Å². The van der Waals surface area contributed by atoms with E-state index in [0.29, 0.717) is 31.9 Å². The summed E-state index contributed by atoms with van der Waals surface area (Å²) in [4.78, 5) is 12.4. The Morgan fingerprint density at radius 1 is 1.18 bits per heavy atom. The van der Waals surface area contributed by atoms with Crippen LogP contribution in [0.1, 0.15) is 58.3 Å². The van der Waals surface area contributed by atoms with Crippen molar-refractivity contribution >= 4 is 15.7 Å². The molecule has 0 unspecified atom stereocenters. The van der Waals surface area contributed by atoms with Crippen molar-refractivity contribution in [2.45, 2.75) is 69.1 Å². The van der Waals surface area contributed by atoms with Gasteiger partial charge in [-0.2, -0.15) is 0 Å². The van der Waals surface area contributed by atoms with Gasteiger partial charge in [0.2, 0.25) is 5.91 Å². The standard InChI is InChI=1S/C16H29NO4S/c1-13-7-3-4-8-14(13)21-12-11-17-15(18)16(22(2,19)20)9-5-6-10-16/h13-14H,3-12H2,1-2H3,(H,17,18)/t13-,14+/m1/s1. The van der Waals surface area contributed by atoms with E-state index in [-0.39, 0.29) is 12.0 Å². The molecule has 6 heteroatoms. The summed E-state index contributed by atoms with van der Waals surface area (Å²) in [6, 6.07) is 0. The lowest BCUT2D eigenvalue weighted by Crippen LogP contribution is -2.51. The first-order valence-electron chi connectivity index (χ1n) is 8.46. The second-order valence-electron chi connectivity index (χ2n) is 6.90. The minimum Gasteiger partial charge on any atom is -0.376 e. The number of hydrogen-bond acceptors (Lipinski definition) is 4. The van der Waals surface area contributed by atoms with Crippen molar-refractivity contribution in [3.8, 4) is 0 Å². The van der Waals surface area contributed by atoms with Crippen molar-refractivity contribution in [1.29, 1.82) is 0 Å². The Morgan fingerprint density at radius 3 is 2.41 bits per heavy atom. The maximum Gasteiger partial charge on any atom is 0.241 e. The summed E-state index contributed by atoms with van der Waals surface area (Å²) in [5.74, 6) is 0.231. The molecule has 22 heavy (non-hydrogen) atoms. The Balaban J connectivity index is 1.80. The van der Waals surface area contributed by atoms with Gasteiger partial charge in [0.15, 0.2) is 9.84 Å². The van der Waals surface area contributed by atoms with Crippen LogP contribution in [-0.2, 0) is 19.4 Å². The average molecular weight is 331 g/mol. The number of carbonyl (C=O) groups excluding carboxylic acids is 1. The molecule has 0 heterocycles. The quantitative estimate of drug-likeness (QED) is 0.756. The highest BCUT2D eigenvalue weighted by molar-refractivity contribution is 7.92. The molecule has 0 aromatic heterocycles. The molecule has 128 valence electrons. The molecule has 2 aliphatic carbocycles. The van der Waals surface area contributed by atoms with E-state index in [1.165, 1.54) is 25.5 Å². The molecule has 2 rings (SSSR count). The normalized spacial score (nSPS) is 28.5. The molecule has 2 saturated carbocycles. The second kappa shape index (κ2) is 7.30. The molecule has 0 spiro atoms. The molecule has 2 aliphatic rings. The SMILES string of the molecule is C[C@@H]1CCCC[C@@H]1OCCNC(=O)C1(S(C)(=O)=O)CCCC1. The van der Waals surface area contributed by atoms with E-state index in [1.807, 2.05) is 0 Å². The fourth-order valence-corrected chi connectivity index (χ4v) is 5.22. The molecule has 0 saturated heterocycles. The van der Waals surface area contributed by atoms with E-state index in [2.05, 4.69) is 12.2 Å². The predicted octanol–water partition coefficient (Wildman–Crippen LogP) is 2.06. The Kier molecular flexibility index (Phi) is 5.88. The van der Waals surface area contributed by atoms with E-state index in [0.717, 1.165) is 19.3 Å². The Labute approximate surface area is 134 Å². The number of amides is 1. The lowest BCUT2D eigenvalue weighted by Gasteiger charge is -2.29. The zero-order chi connectivity index (χ0) is 16.2.